The van der Waals surface area contributed by atoms with Crippen molar-refractivity contribution in [3.63, 3.8) is 0 Å². The van der Waals surface area contributed by atoms with Crippen molar-refractivity contribution in [2.75, 3.05) is 33.8 Å². The lowest BCUT2D eigenvalue weighted by atomic mass is 10.3. The summed E-state index contributed by atoms with van der Waals surface area (Å²) in [6.07, 6.45) is 0. The summed E-state index contributed by atoms with van der Waals surface area (Å²) in [4.78, 5) is 22.7. The van der Waals surface area contributed by atoms with Gasteiger partial charge in [-0.3, -0.25) is 14.9 Å². The first-order chi connectivity index (χ1) is 9.45. The van der Waals surface area contributed by atoms with E-state index in [2.05, 4.69) is 5.32 Å². The molecule has 1 amide bonds. The van der Waals surface area contributed by atoms with E-state index in [4.69, 9.17) is 4.74 Å². The summed E-state index contributed by atoms with van der Waals surface area (Å²) in [5.41, 5.74) is -0.630. The zero-order valence-corrected chi connectivity index (χ0v) is 12.5. The van der Waals surface area contributed by atoms with Gasteiger partial charge in [-0.05, 0) is 13.1 Å². The molecule has 1 aromatic carbocycles. The number of carbonyl (C=O) groups excluding carboxylic acids is 1. The number of nitrogens with zero attached hydrogens (tertiary/aromatic N) is 2. The number of nitrogens with one attached hydrogen (secondary N) is 1. The predicted molar refractivity (Wildman–Crippen MR) is 77.4 cm³/mol. The summed E-state index contributed by atoms with van der Waals surface area (Å²) in [7, 11) is 3.40. The van der Waals surface area contributed by atoms with E-state index < -0.39 is 16.4 Å². The first kappa shape index (κ1) is 19.1. The Balaban J connectivity index is 0.00000400. The fraction of sp³-hybridized carbons (Fsp3) is 0.417. The van der Waals surface area contributed by atoms with E-state index in [1.165, 1.54) is 11.0 Å². The van der Waals surface area contributed by atoms with Gasteiger partial charge in [-0.15, -0.1) is 12.4 Å². The fourth-order valence-corrected chi connectivity index (χ4v) is 1.38. The van der Waals surface area contributed by atoms with Crippen molar-refractivity contribution in [3.8, 4) is 5.75 Å². The zero-order chi connectivity index (χ0) is 15.1. The van der Waals surface area contributed by atoms with Gasteiger partial charge in [-0.2, -0.15) is 4.39 Å². The third-order valence-electron chi connectivity index (χ3n) is 2.60. The van der Waals surface area contributed by atoms with Crippen molar-refractivity contribution in [2.24, 2.45) is 0 Å². The Morgan fingerprint density at radius 1 is 1.52 bits per heavy atom. The van der Waals surface area contributed by atoms with Crippen LogP contribution in [0.3, 0.4) is 0 Å². The van der Waals surface area contributed by atoms with Crippen LogP contribution in [0.1, 0.15) is 0 Å². The number of hydrogen-bond acceptors (Lipinski definition) is 5. The number of hydrogen-bond donors (Lipinski definition) is 1. The van der Waals surface area contributed by atoms with Gasteiger partial charge in [0.1, 0.15) is 5.75 Å². The molecule has 0 bridgehead atoms. The highest BCUT2D eigenvalue weighted by Crippen LogP contribution is 2.22. The summed E-state index contributed by atoms with van der Waals surface area (Å²) >= 11 is 0. The molecule has 118 valence electrons. The van der Waals surface area contributed by atoms with Gasteiger partial charge in [0.2, 0.25) is 5.82 Å². The zero-order valence-electron chi connectivity index (χ0n) is 11.7. The maximum absolute atomic E-state index is 13.3. The smallest absolute Gasteiger partial charge is 0.305 e. The minimum Gasteiger partial charge on any atom is -0.484 e. The SMILES string of the molecule is CNCCN(C)C(=O)COc1ccc([N+](=O)[O-])c(F)c1.Cl. The summed E-state index contributed by atoms with van der Waals surface area (Å²) in [5, 5.41) is 13.4. The average Bonchev–Trinajstić information content (AvgIpc) is 2.41. The quantitative estimate of drug-likeness (QED) is 0.603. The number of rotatable bonds is 7. The third kappa shape index (κ3) is 5.92. The van der Waals surface area contributed by atoms with Crippen LogP contribution in [0, 0.1) is 15.9 Å². The molecule has 0 aliphatic carbocycles. The summed E-state index contributed by atoms with van der Waals surface area (Å²) in [6, 6.07) is 3.14. The minimum absolute atomic E-state index is 0. The number of carbonyl (C=O) groups is 1. The number of benzene rings is 1. The second-order valence-electron chi connectivity index (χ2n) is 4.08. The Hall–Kier alpha value is -1.93. The average molecular weight is 322 g/mol. The van der Waals surface area contributed by atoms with Crippen molar-refractivity contribution in [3.05, 3.63) is 34.1 Å². The van der Waals surface area contributed by atoms with Crippen LogP contribution >= 0.6 is 12.4 Å². The van der Waals surface area contributed by atoms with Crippen molar-refractivity contribution in [2.45, 2.75) is 0 Å². The number of nitro groups is 1. The molecule has 0 fully saturated rings. The highest BCUT2D eigenvalue weighted by atomic mass is 35.5. The number of likely N-dealkylation sites (N-methyl/N-ethyl adjacent to an activating group) is 2. The standard InChI is InChI=1S/C12H16FN3O4.ClH/c1-14-5-6-15(2)12(17)8-20-9-3-4-11(16(18)19)10(13)7-9;/h3-4,7,14H,5-6,8H2,1-2H3;1H. The Labute approximate surface area is 127 Å². The highest BCUT2D eigenvalue weighted by molar-refractivity contribution is 5.85. The first-order valence-corrected chi connectivity index (χ1v) is 5.91. The van der Waals surface area contributed by atoms with E-state index in [1.54, 1.807) is 14.1 Å². The molecule has 0 spiro atoms. The van der Waals surface area contributed by atoms with E-state index in [-0.39, 0.29) is 30.7 Å². The molecule has 1 aromatic rings. The molecule has 0 saturated heterocycles. The van der Waals surface area contributed by atoms with Crippen LogP contribution < -0.4 is 10.1 Å². The number of halogens is 2. The largest absolute Gasteiger partial charge is 0.484 e. The molecule has 0 aliphatic heterocycles. The molecule has 1 rings (SSSR count). The van der Waals surface area contributed by atoms with E-state index in [0.717, 1.165) is 12.1 Å². The molecule has 21 heavy (non-hydrogen) atoms. The topological polar surface area (TPSA) is 84.7 Å². The van der Waals surface area contributed by atoms with Crippen LogP contribution in [-0.4, -0.2) is 49.5 Å². The van der Waals surface area contributed by atoms with Gasteiger partial charge in [-0.1, -0.05) is 0 Å². The molecule has 0 unspecified atom stereocenters. The molecule has 7 nitrogen and oxygen atoms in total. The van der Waals surface area contributed by atoms with Crippen molar-refractivity contribution < 1.29 is 18.8 Å². The first-order valence-electron chi connectivity index (χ1n) is 5.91. The van der Waals surface area contributed by atoms with Crippen molar-refractivity contribution in [1.29, 1.82) is 0 Å². The number of nitro benzene ring substituents is 1. The highest BCUT2D eigenvalue weighted by Gasteiger charge is 2.15. The van der Waals surface area contributed by atoms with E-state index >= 15 is 0 Å². The molecule has 0 radical (unpaired) electrons. The number of ether oxygens (including phenoxy) is 1. The summed E-state index contributed by atoms with van der Waals surface area (Å²) in [5.74, 6) is -1.19. The maximum atomic E-state index is 13.3. The second-order valence-corrected chi connectivity index (χ2v) is 4.08. The molecule has 0 heterocycles. The normalized spacial score (nSPS) is 9.67. The molecule has 0 atom stereocenters. The molecular weight excluding hydrogens is 305 g/mol. The van der Waals surface area contributed by atoms with Crippen LogP contribution in [0.25, 0.3) is 0 Å². The van der Waals surface area contributed by atoms with Crippen LogP contribution in [-0.2, 0) is 4.79 Å². The van der Waals surface area contributed by atoms with Crippen LogP contribution in [0.4, 0.5) is 10.1 Å². The lowest BCUT2D eigenvalue weighted by Gasteiger charge is -2.17. The maximum Gasteiger partial charge on any atom is 0.305 e. The van der Waals surface area contributed by atoms with Gasteiger partial charge >= 0.3 is 5.69 Å². The van der Waals surface area contributed by atoms with Gasteiger partial charge in [0.25, 0.3) is 5.91 Å². The summed E-state index contributed by atoms with van der Waals surface area (Å²) < 4.78 is 18.4. The monoisotopic (exact) mass is 321 g/mol. The molecule has 9 heteroatoms. The molecular formula is C12H17ClFN3O4. The van der Waals surface area contributed by atoms with Gasteiger partial charge in [-0.25, -0.2) is 0 Å². The Morgan fingerprint density at radius 2 is 2.19 bits per heavy atom. The lowest BCUT2D eigenvalue weighted by Crippen LogP contribution is -2.35. The Kier molecular flexibility index (Phi) is 8.25. The van der Waals surface area contributed by atoms with Gasteiger partial charge in [0.15, 0.2) is 6.61 Å². The number of amides is 1. The van der Waals surface area contributed by atoms with Crippen LogP contribution in [0.2, 0.25) is 0 Å². The van der Waals surface area contributed by atoms with Crippen molar-refractivity contribution in [1.82, 2.24) is 10.2 Å². The predicted octanol–water partition coefficient (Wildman–Crippen LogP) is 1.21. The van der Waals surface area contributed by atoms with Gasteiger partial charge in [0.05, 0.1) is 4.92 Å². The van der Waals surface area contributed by atoms with E-state index in [0.29, 0.717) is 13.1 Å². The van der Waals surface area contributed by atoms with E-state index in [1.807, 2.05) is 0 Å². The van der Waals surface area contributed by atoms with E-state index in [9.17, 15) is 19.3 Å². The third-order valence-corrected chi connectivity index (χ3v) is 2.60. The van der Waals surface area contributed by atoms with Gasteiger partial charge < -0.3 is 15.0 Å². The van der Waals surface area contributed by atoms with Crippen molar-refractivity contribution >= 4 is 24.0 Å². The van der Waals surface area contributed by atoms with Crippen LogP contribution in [0.5, 0.6) is 5.75 Å². The molecule has 0 aromatic heterocycles. The second kappa shape index (κ2) is 9.09. The van der Waals surface area contributed by atoms with Crippen LogP contribution in [0.15, 0.2) is 18.2 Å². The lowest BCUT2D eigenvalue weighted by molar-refractivity contribution is -0.387. The Morgan fingerprint density at radius 3 is 2.71 bits per heavy atom. The Bertz CT molecular complexity index is 501. The molecule has 1 N–H and O–H groups in total. The minimum atomic E-state index is -0.997. The molecule has 0 saturated carbocycles. The summed E-state index contributed by atoms with van der Waals surface area (Å²) in [6.45, 7) is 0.916. The molecule has 0 aliphatic rings. The van der Waals surface area contributed by atoms with Gasteiger partial charge in [0, 0.05) is 32.3 Å². The fourth-order valence-electron chi connectivity index (χ4n) is 1.38.